The Morgan fingerprint density at radius 1 is 0.739 bits per heavy atom. The van der Waals surface area contributed by atoms with Gasteiger partial charge in [0.1, 0.15) is 12.2 Å². The van der Waals surface area contributed by atoms with Crippen LogP contribution in [0.5, 0.6) is 0 Å². The molecule has 0 aliphatic carbocycles. The Morgan fingerprint density at radius 2 is 1.04 bits per heavy atom. The Kier molecular flexibility index (Phi) is 9.21. The lowest BCUT2D eigenvalue weighted by Crippen LogP contribution is -2.26. The maximum Gasteiger partial charge on any atom is 0.281 e. The molecule has 0 aliphatic heterocycles. The van der Waals surface area contributed by atoms with Gasteiger partial charge >= 0.3 is 0 Å². The first-order valence-corrected chi connectivity index (χ1v) is 7.23. The van der Waals surface area contributed by atoms with E-state index in [4.69, 9.17) is 23.7 Å². The molecule has 0 aromatic heterocycles. The minimum absolute atomic E-state index is 0.106. The standard InChI is InChI=1S/C16H26O7/c1-9(17)11(3)19-13(5)21-15(7)23-16(8)22-14(6)20-12(4)10(2)18/h11-14H,7-8H2,1-6H3. The van der Waals surface area contributed by atoms with Crippen LogP contribution in [-0.2, 0) is 33.3 Å². The number of Topliss-reactive ketones (excluding diaryl/α,β-unsaturated/α-hetero) is 2. The number of hydrogen-bond donors (Lipinski definition) is 0. The second-order valence-electron chi connectivity index (χ2n) is 4.99. The van der Waals surface area contributed by atoms with Gasteiger partial charge in [0.15, 0.2) is 11.6 Å². The SMILES string of the molecule is C=C(OC(=C)OC(C)OC(C)C(C)=O)OC(C)OC(C)C(C)=O. The van der Waals surface area contributed by atoms with Crippen molar-refractivity contribution >= 4 is 11.6 Å². The molecule has 4 unspecified atom stereocenters. The van der Waals surface area contributed by atoms with E-state index in [2.05, 4.69) is 13.2 Å². The van der Waals surface area contributed by atoms with Gasteiger partial charge in [0, 0.05) is 0 Å². The minimum Gasteiger partial charge on any atom is -0.436 e. The van der Waals surface area contributed by atoms with Gasteiger partial charge in [-0.3, -0.25) is 9.59 Å². The first kappa shape index (κ1) is 21.1. The number of carbonyl (C=O) groups is 2. The summed E-state index contributed by atoms with van der Waals surface area (Å²) in [5.74, 6) is -0.453. The van der Waals surface area contributed by atoms with Crippen molar-refractivity contribution in [1.29, 1.82) is 0 Å². The molecule has 0 amide bonds. The summed E-state index contributed by atoms with van der Waals surface area (Å²) in [6.07, 6.45) is -2.67. The van der Waals surface area contributed by atoms with Crippen molar-refractivity contribution < 1.29 is 33.3 Å². The number of carbonyl (C=O) groups excluding carboxylic acids is 2. The monoisotopic (exact) mass is 330 g/mol. The summed E-state index contributed by atoms with van der Waals surface area (Å²) >= 11 is 0. The fourth-order valence-corrected chi connectivity index (χ4v) is 1.37. The lowest BCUT2D eigenvalue weighted by Gasteiger charge is -2.22. The van der Waals surface area contributed by atoms with Crippen LogP contribution in [0.2, 0.25) is 0 Å². The smallest absolute Gasteiger partial charge is 0.281 e. The van der Waals surface area contributed by atoms with Crippen molar-refractivity contribution in [2.75, 3.05) is 0 Å². The lowest BCUT2D eigenvalue weighted by atomic mass is 10.3. The molecule has 0 saturated carbocycles. The second kappa shape index (κ2) is 10.0. The van der Waals surface area contributed by atoms with Crippen molar-refractivity contribution in [3.63, 3.8) is 0 Å². The highest BCUT2D eigenvalue weighted by Gasteiger charge is 2.17. The zero-order valence-corrected chi connectivity index (χ0v) is 14.6. The van der Waals surface area contributed by atoms with Gasteiger partial charge in [0.25, 0.3) is 11.9 Å². The third-order valence-corrected chi connectivity index (χ3v) is 2.76. The van der Waals surface area contributed by atoms with Gasteiger partial charge in [0.05, 0.1) is 0 Å². The van der Waals surface area contributed by atoms with Crippen molar-refractivity contribution in [2.45, 2.75) is 66.3 Å². The molecule has 0 aromatic rings. The van der Waals surface area contributed by atoms with E-state index in [1.165, 1.54) is 13.8 Å². The van der Waals surface area contributed by atoms with Gasteiger partial charge in [-0.1, -0.05) is 0 Å². The molecule has 0 heterocycles. The molecule has 7 nitrogen and oxygen atoms in total. The quantitative estimate of drug-likeness (QED) is 0.402. The maximum absolute atomic E-state index is 11.1. The number of ketones is 2. The predicted octanol–water partition coefficient (Wildman–Crippen LogP) is 2.66. The van der Waals surface area contributed by atoms with E-state index in [0.717, 1.165) is 0 Å². The molecule has 0 fully saturated rings. The fraction of sp³-hybridized carbons (Fsp3) is 0.625. The summed E-state index contributed by atoms with van der Waals surface area (Å²) in [6, 6.07) is 0. The zero-order valence-electron chi connectivity index (χ0n) is 14.6. The van der Waals surface area contributed by atoms with E-state index in [9.17, 15) is 9.59 Å². The minimum atomic E-state index is -0.736. The third kappa shape index (κ3) is 9.70. The Morgan fingerprint density at radius 3 is 1.30 bits per heavy atom. The molecule has 0 aromatic carbocycles. The zero-order chi connectivity index (χ0) is 18.2. The first-order chi connectivity index (χ1) is 10.5. The van der Waals surface area contributed by atoms with Crippen LogP contribution in [0.15, 0.2) is 25.0 Å². The lowest BCUT2D eigenvalue weighted by molar-refractivity contribution is -0.188. The van der Waals surface area contributed by atoms with E-state index in [1.54, 1.807) is 27.7 Å². The second-order valence-corrected chi connectivity index (χ2v) is 4.99. The van der Waals surface area contributed by atoms with Gasteiger partial charge in [-0.15, -0.1) is 0 Å². The summed E-state index contributed by atoms with van der Waals surface area (Å²) in [5.41, 5.74) is 0. The number of rotatable bonds is 12. The van der Waals surface area contributed by atoms with Crippen LogP contribution >= 0.6 is 0 Å². The van der Waals surface area contributed by atoms with E-state index >= 15 is 0 Å². The van der Waals surface area contributed by atoms with E-state index < -0.39 is 24.8 Å². The van der Waals surface area contributed by atoms with Gasteiger partial charge in [0.2, 0.25) is 12.6 Å². The van der Waals surface area contributed by atoms with Crippen LogP contribution in [0.3, 0.4) is 0 Å². The summed E-state index contributed by atoms with van der Waals surface area (Å²) < 4.78 is 26.1. The number of hydrogen-bond acceptors (Lipinski definition) is 7. The molecule has 0 aliphatic rings. The summed E-state index contributed by atoms with van der Waals surface area (Å²) in [6.45, 7) is 16.3. The summed E-state index contributed by atoms with van der Waals surface area (Å²) in [4.78, 5) is 22.2. The van der Waals surface area contributed by atoms with Crippen LogP contribution < -0.4 is 0 Å². The van der Waals surface area contributed by atoms with Crippen LogP contribution in [0.25, 0.3) is 0 Å². The topological polar surface area (TPSA) is 80.3 Å². The highest BCUT2D eigenvalue weighted by molar-refractivity contribution is 5.80. The van der Waals surface area contributed by atoms with Gasteiger partial charge < -0.3 is 23.7 Å². The van der Waals surface area contributed by atoms with E-state index in [1.807, 2.05) is 0 Å². The molecule has 132 valence electrons. The van der Waals surface area contributed by atoms with Crippen molar-refractivity contribution in [1.82, 2.24) is 0 Å². The Hall–Kier alpha value is -1.86. The highest BCUT2D eigenvalue weighted by atomic mass is 16.8. The Balaban J connectivity index is 4.17. The molecule has 0 saturated heterocycles. The molecule has 0 N–H and O–H groups in total. The molecule has 23 heavy (non-hydrogen) atoms. The predicted molar refractivity (Wildman–Crippen MR) is 82.9 cm³/mol. The normalized spacial score (nSPS) is 15.7. The summed E-state index contributed by atoms with van der Waals surface area (Å²) in [5, 5.41) is 0. The average molecular weight is 330 g/mol. The first-order valence-electron chi connectivity index (χ1n) is 7.23. The van der Waals surface area contributed by atoms with Crippen LogP contribution in [0.4, 0.5) is 0 Å². The van der Waals surface area contributed by atoms with Crippen LogP contribution in [-0.4, -0.2) is 36.4 Å². The molecule has 0 rings (SSSR count). The maximum atomic E-state index is 11.1. The third-order valence-electron chi connectivity index (χ3n) is 2.76. The van der Waals surface area contributed by atoms with Crippen molar-refractivity contribution in [3.05, 3.63) is 25.0 Å². The van der Waals surface area contributed by atoms with Crippen molar-refractivity contribution in [2.24, 2.45) is 0 Å². The molecule has 7 heteroatoms. The molecule has 0 spiro atoms. The fourth-order valence-electron chi connectivity index (χ4n) is 1.37. The Labute approximate surface area is 137 Å². The largest absolute Gasteiger partial charge is 0.436 e. The highest BCUT2D eigenvalue weighted by Crippen LogP contribution is 2.13. The van der Waals surface area contributed by atoms with E-state index in [-0.39, 0.29) is 23.5 Å². The molecule has 0 radical (unpaired) electrons. The van der Waals surface area contributed by atoms with Gasteiger partial charge in [-0.05, 0) is 54.7 Å². The molecular formula is C16H26O7. The Bertz CT molecular complexity index is 404. The molecule has 4 atom stereocenters. The molecule has 0 bridgehead atoms. The van der Waals surface area contributed by atoms with Crippen LogP contribution in [0.1, 0.15) is 41.5 Å². The number of ether oxygens (including phenoxy) is 5. The average Bonchev–Trinajstić information content (AvgIpc) is 2.36. The molecular weight excluding hydrogens is 304 g/mol. The van der Waals surface area contributed by atoms with Gasteiger partial charge in [-0.2, -0.15) is 0 Å². The van der Waals surface area contributed by atoms with Gasteiger partial charge in [-0.25, -0.2) is 0 Å². The van der Waals surface area contributed by atoms with Crippen molar-refractivity contribution in [3.8, 4) is 0 Å². The summed E-state index contributed by atoms with van der Waals surface area (Å²) in [7, 11) is 0. The van der Waals surface area contributed by atoms with Crippen LogP contribution in [0, 0.1) is 0 Å². The van der Waals surface area contributed by atoms with E-state index in [0.29, 0.717) is 0 Å².